The van der Waals surface area contributed by atoms with E-state index in [0.717, 1.165) is 18.4 Å². The molecule has 0 aliphatic rings. The van der Waals surface area contributed by atoms with Crippen LogP contribution in [0, 0.1) is 0 Å². The highest BCUT2D eigenvalue weighted by Gasteiger charge is 2.01. The molecule has 0 aromatic heterocycles. The van der Waals surface area contributed by atoms with Crippen LogP contribution in [0.1, 0.15) is 22.3 Å². The van der Waals surface area contributed by atoms with Crippen molar-refractivity contribution in [3.8, 4) is 0 Å². The molecule has 1 N–H and O–H groups in total. The maximum absolute atomic E-state index is 10.6. The first-order valence-electron chi connectivity index (χ1n) is 5.20. The largest absolute Gasteiger partial charge is 0.478 e. The third-order valence-electron chi connectivity index (χ3n) is 2.16. The maximum atomic E-state index is 10.6. The van der Waals surface area contributed by atoms with Gasteiger partial charge in [-0.3, -0.25) is 0 Å². The summed E-state index contributed by atoms with van der Waals surface area (Å²) in [5.41, 5.74) is 1.39. The standard InChI is InChI=1S/C12H15ClO3/c13-7-1-8-16-9-6-10-2-4-11(5-3-10)12(14)15/h2-5H,1,6-9H2,(H,14,15). The molecule has 1 aromatic rings. The van der Waals surface area contributed by atoms with Crippen molar-refractivity contribution < 1.29 is 14.6 Å². The number of ether oxygens (including phenoxy) is 1. The molecule has 0 unspecified atom stereocenters. The lowest BCUT2D eigenvalue weighted by atomic mass is 10.1. The molecule has 3 nitrogen and oxygen atoms in total. The van der Waals surface area contributed by atoms with Crippen LogP contribution in [-0.2, 0) is 11.2 Å². The van der Waals surface area contributed by atoms with Crippen molar-refractivity contribution in [1.29, 1.82) is 0 Å². The molecule has 0 aliphatic carbocycles. The Balaban J connectivity index is 2.29. The van der Waals surface area contributed by atoms with Crippen LogP contribution in [0.3, 0.4) is 0 Å². The second kappa shape index (κ2) is 7.25. The van der Waals surface area contributed by atoms with Crippen molar-refractivity contribution in [3.63, 3.8) is 0 Å². The van der Waals surface area contributed by atoms with E-state index in [2.05, 4.69) is 0 Å². The number of carboxylic acid groups (broad SMARTS) is 1. The molecule has 0 amide bonds. The van der Waals surface area contributed by atoms with Crippen molar-refractivity contribution in [2.24, 2.45) is 0 Å². The quantitative estimate of drug-likeness (QED) is 0.591. The Hall–Kier alpha value is -1.06. The summed E-state index contributed by atoms with van der Waals surface area (Å²) in [6.07, 6.45) is 1.65. The summed E-state index contributed by atoms with van der Waals surface area (Å²) in [5.74, 6) is -0.280. The molecule has 0 atom stereocenters. The summed E-state index contributed by atoms with van der Waals surface area (Å²) < 4.78 is 5.35. The van der Waals surface area contributed by atoms with Gasteiger partial charge in [-0.25, -0.2) is 4.79 Å². The van der Waals surface area contributed by atoms with Crippen LogP contribution in [0.5, 0.6) is 0 Å². The van der Waals surface area contributed by atoms with Crippen molar-refractivity contribution in [2.45, 2.75) is 12.8 Å². The van der Waals surface area contributed by atoms with E-state index in [-0.39, 0.29) is 0 Å². The van der Waals surface area contributed by atoms with Gasteiger partial charge in [0.2, 0.25) is 0 Å². The van der Waals surface area contributed by atoms with Crippen LogP contribution >= 0.6 is 11.6 Å². The van der Waals surface area contributed by atoms with E-state index >= 15 is 0 Å². The Morgan fingerprint density at radius 1 is 1.25 bits per heavy atom. The molecular weight excluding hydrogens is 228 g/mol. The number of rotatable bonds is 7. The first-order chi connectivity index (χ1) is 7.74. The van der Waals surface area contributed by atoms with Crippen molar-refractivity contribution in [1.82, 2.24) is 0 Å². The van der Waals surface area contributed by atoms with E-state index in [9.17, 15) is 4.79 Å². The molecule has 88 valence electrons. The highest BCUT2D eigenvalue weighted by molar-refractivity contribution is 6.17. The molecule has 0 saturated heterocycles. The Bertz CT molecular complexity index is 322. The molecule has 1 aromatic carbocycles. The fourth-order valence-electron chi connectivity index (χ4n) is 1.26. The van der Waals surface area contributed by atoms with E-state index in [1.54, 1.807) is 12.1 Å². The smallest absolute Gasteiger partial charge is 0.335 e. The molecule has 0 saturated carbocycles. The molecule has 16 heavy (non-hydrogen) atoms. The zero-order chi connectivity index (χ0) is 11.8. The normalized spacial score (nSPS) is 10.3. The molecule has 0 bridgehead atoms. The van der Waals surface area contributed by atoms with E-state index in [1.165, 1.54) is 0 Å². The summed E-state index contributed by atoms with van der Waals surface area (Å²) >= 11 is 5.51. The third-order valence-corrected chi connectivity index (χ3v) is 2.43. The Morgan fingerprint density at radius 2 is 1.94 bits per heavy atom. The molecule has 4 heteroatoms. The third kappa shape index (κ3) is 4.64. The lowest BCUT2D eigenvalue weighted by molar-refractivity contribution is 0.0697. The van der Waals surface area contributed by atoms with Crippen molar-refractivity contribution >= 4 is 17.6 Å². The minimum atomic E-state index is -0.898. The molecule has 0 fully saturated rings. The second-order valence-corrected chi connectivity index (χ2v) is 3.78. The highest BCUT2D eigenvalue weighted by atomic mass is 35.5. The van der Waals surface area contributed by atoms with Crippen LogP contribution in [0.2, 0.25) is 0 Å². The van der Waals surface area contributed by atoms with Crippen LogP contribution in [0.4, 0.5) is 0 Å². The number of hydrogen-bond acceptors (Lipinski definition) is 2. The summed E-state index contributed by atoms with van der Waals surface area (Å²) in [6.45, 7) is 1.32. The average molecular weight is 243 g/mol. The number of benzene rings is 1. The van der Waals surface area contributed by atoms with Crippen LogP contribution in [0.15, 0.2) is 24.3 Å². The van der Waals surface area contributed by atoms with Gasteiger partial charge in [0, 0.05) is 12.5 Å². The monoisotopic (exact) mass is 242 g/mol. The predicted molar refractivity (Wildman–Crippen MR) is 63.3 cm³/mol. The Kier molecular flexibility index (Phi) is 5.90. The lowest BCUT2D eigenvalue weighted by Crippen LogP contribution is -2.01. The van der Waals surface area contributed by atoms with Gasteiger partial charge in [-0.15, -0.1) is 11.6 Å². The SMILES string of the molecule is O=C(O)c1ccc(CCOCCCCl)cc1. The minimum absolute atomic E-state index is 0.312. The van der Waals surface area contributed by atoms with E-state index in [4.69, 9.17) is 21.4 Å². The van der Waals surface area contributed by atoms with E-state index in [0.29, 0.717) is 24.7 Å². The average Bonchev–Trinajstić information content (AvgIpc) is 2.29. The zero-order valence-corrected chi connectivity index (χ0v) is 9.74. The van der Waals surface area contributed by atoms with Gasteiger partial charge in [0.05, 0.1) is 12.2 Å². The lowest BCUT2D eigenvalue weighted by Gasteiger charge is -2.03. The van der Waals surface area contributed by atoms with Gasteiger partial charge in [0.15, 0.2) is 0 Å². The van der Waals surface area contributed by atoms with Gasteiger partial charge in [0.25, 0.3) is 0 Å². The maximum Gasteiger partial charge on any atom is 0.335 e. The summed E-state index contributed by atoms with van der Waals surface area (Å²) in [6, 6.07) is 6.84. The number of aromatic carboxylic acids is 1. The van der Waals surface area contributed by atoms with Gasteiger partial charge in [-0.1, -0.05) is 12.1 Å². The predicted octanol–water partition coefficient (Wildman–Crippen LogP) is 2.57. The summed E-state index contributed by atoms with van der Waals surface area (Å²) in [5, 5.41) is 8.71. The van der Waals surface area contributed by atoms with E-state index < -0.39 is 5.97 Å². The number of alkyl halides is 1. The van der Waals surface area contributed by atoms with Crippen molar-refractivity contribution in [2.75, 3.05) is 19.1 Å². The van der Waals surface area contributed by atoms with Gasteiger partial charge >= 0.3 is 5.97 Å². The van der Waals surface area contributed by atoms with Gasteiger partial charge in [-0.2, -0.15) is 0 Å². The number of carboxylic acids is 1. The molecule has 0 radical (unpaired) electrons. The molecule has 0 spiro atoms. The van der Waals surface area contributed by atoms with Gasteiger partial charge < -0.3 is 9.84 Å². The fourth-order valence-corrected chi connectivity index (χ4v) is 1.37. The molecular formula is C12H15ClO3. The number of halogens is 1. The number of hydrogen-bond donors (Lipinski definition) is 1. The van der Waals surface area contributed by atoms with Crippen LogP contribution in [-0.4, -0.2) is 30.2 Å². The summed E-state index contributed by atoms with van der Waals surface area (Å²) in [4.78, 5) is 10.6. The van der Waals surface area contributed by atoms with Gasteiger partial charge in [-0.05, 0) is 30.5 Å². The Labute approximate surface area is 100.0 Å². The van der Waals surface area contributed by atoms with Crippen molar-refractivity contribution in [3.05, 3.63) is 35.4 Å². The minimum Gasteiger partial charge on any atom is -0.478 e. The van der Waals surface area contributed by atoms with E-state index in [1.807, 2.05) is 12.1 Å². The topological polar surface area (TPSA) is 46.5 Å². The zero-order valence-electron chi connectivity index (χ0n) is 8.99. The molecule has 0 aliphatic heterocycles. The second-order valence-electron chi connectivity index (χ2n) is 3.41. The highest BCUT2D eigenvalue weighted by Crippen LogP contribution is 2.05. The van der Waals surface area contributed by atoms with Crippen LogP contribution in [0.25, 0.3) is 0 Å². The summed E-state index contributed by atoms with van der Waals surface area (Å²) in [7, 11) is 0. The number of carbonyl (C=O) groups is 1. The first kappa shape index (κ1) is 13.0. The molecule has 0 heterocycles. The van der Waals surface area contributed by atoms with Crippen LogP contribution < -0.4 is 0 Å². The molecule has 1 rings (SSSR count). The van der Waals surface area contributed by atoms with Gasteiger partial charge in [0.1, 0.15) is 0 Å². The fraction of sp³-hybridized carbons (Fsp3) is 0.417. The first-order valence-corrected chi connectivity index (χ1v) is 5.73. The Morgan fingerprint density at radius 3 is 2.50 bits per heavy atom.